The first-order valence-corrected chi connectivity index (χ1v) is 7.93. The Morgan fingerprint density at radius 3 is 3.15 bits per heavy atom. The highest BCUT2D eigenvalue weighted by molar-refractivity contribution is 6.31. The third-order valence-corrected chi connectivity index (χ3v) is 4.00. The molecule has 2 rings (SSSR count). The number of carbonyl (C=O) groups is 1. The number of amides is 1. The molecule has 1 aliphatic heterocycles. The monoisotopic (exact) mass is 297 g/mol. The van der Waals surface area contributed by atoms with Crippen LogP contribution in [-0.4, -0.2) is 30.1 Å². The molecule has 4 nitrogen and oxygen atoms in total. The summed E-state index contributed by atoms with van der Waals surface area (Å²) in [6.07, 6.45) is 6.36. The number of nitrogens with zero attached hydrogens (tertiary/aromatic N) is 1. The van der Waals surface area contributed by atoms with Crippen LogP contribution >= 0.6 is 11.6 Å². The van der Waals surface area contributed by atoms with Crippen molar-refractivity contribution in [3.05, 3.63) is 23.0 Å². The van der Waals surface area contributed by atoms with Gasteiger partial charge in [-0.2, -0.15) is 0 Å². The molecule has 20 heavy (non-hydrogen) atoms. The van der Waals surface area contributed by atoms with Crippen molar-refractivity contribution in [2.24, 2.45) is 5.92 Å². The Hall–Kier alpha value is -1.00. The first kappa shape index (κ1) is 15.4. The second-order valence-corrected chi connectivity index (χ2v) is 5.93. The quantitative estimate of drug-likeness (QED) is 0.848. The van der Waals surface area contributed by atoms with Crippen molar-refractivity contribution < 1.29 is 4.79 Å². The molecule has 1 amide bonds. The Balaban J connectivity index is 1.81. The van der Waals surface area contributed by atoms with Gasteiger partial charge in [-0.05, 0) is 50.8 Å². The number of halogens is 1. The number of carbonyl (C=O) groups excluding carboxylic acids is 1. The van der Waals surface area contributed by atoms with Crippen molar-refractivity contribution in [3.63, 3.8) is 0 Å². The van der Waals surface area contributed by atoms with Crippen LogP contribution in [0.4, 0.5) is 0 Å². The van der Waals surface area contributed by atoms with Crippen LogP contribution in [0.5, 0.6) is 0 Å². The second-order valence-electron chi connectivity index (χ2n) is 5.49. The standard InChI is InChI=1S/C15H24ClN3O/c1-2-8-19-11-13(16)9-14(19)15(20)18-7-5-12-4-3-6-17-10-12/h9,11-12,17H,2-8,10H2,1H3,(H,18,20). The zero-order chi connectivity index (χ0) is 14.4. The smallest absolute Gasteiger partial charge is 0.267 e. The van der Waals surface area contributed by atoms with E-state index in [0.29, 0.717) is 16.6 Å². The van der Waals surface area contributed by atoms with Gasteiger partial charge >= 0.3 is 0 Å². The molecule has 1 unspecified atom stereocenters. The summed E-state index contributed by atoms with van der Waals surface area (Å²) in [5.41, 5.74) is 0.665. The highest BCUT2D eigenvalue weighted by Crippen LogP contribution is 2.16. The lowest BCUT2D eigenvalue weighted by Gasteiger charge is -2.22. The van der Waals surface area contributed by atoms with Crippen molar-refractivity contribution in [1.82, 2.24) is 15.2 Å². The minimum Gasteiger partial charge on any atom is -0.351 e. The van der Waals surface area contributed by atoms with E-state index < -0.39 is 0 Å². The molecule has 0 aliphatic carbocycles. The molecule has 2 heterocycles. The number of hydrogen-bond donors (Lipinski definition) is 2. The maximum absolute atomic E-state index is 12.2. The molecule has 112 valence electrons. The van der Waals surface area contributed by atoms with Gasteiger partial charge in [0.05, 0.1) is 5.02 Å². The fraction of sp³-hybridized carbons (Fsp3) is 0.667. The van der Waals surface area contributed by atoms with Gasteiger partial charge in [-0.3, -0.25) is 4.79 Å². The summed E-state index contributed by atoms with van der Waals surface area (Å²) in [6, 6.07) is 1.74. The summed E-state index contributed by atoms with van der Waals surface area (Å²) < 4.78 is 1.93. The van der Waals surface area contributed by atoms with Gasteiger partial charge in [-0.1, -0.05) is 18.5 Å². The predicted octanol–water partition coefficient (Wildman–Crippen LogP) is 2.67. The zero-order valence-corrected chi connectivity index (χ0v) is 12.9. The van der Waals surface area contributed by atoms with Crippen LogP contribution in [0.25, 0.3) is 0 Å². The molecule has 1 aromatic heterocycles. The molecule has 5 heteroatoms. The van der Waals surface area contributed by atoms with Crippen molar-refractivity contribution >= 4 is 17.5 Å². The summed E-state index contributed by atoms with van der Waals surface area (Å²) in [5.74, 6) is 0.671. The molecule has 2 N–H and O–H groups in total. The van der Waals surface area contributed by atoms with Crippen molar-refractivity contribution in [2.75, 3.05) is 19.6 Å². The number of hydrogen-bond acceptors (Lipinski definition) is 2. The largest absolute Gasteiger partial charge is 0.351 e. The van der Waals surface area contributed by atoms with E-state index in [4.69, 9.17) is 11.6 Å². The number of aryl methyl sites for hydroxylation is 1. The summed E-state index contributed by atoms with van der Waals surface area (Å²) in [5, 5.41) is 7.04. The Morgan fingerprint density at radius 1 is 1.60 bits per heavy atom. The second kappa shape index (κ2) is 7.70. The average molecular weight is 298 g/mol. The lowest BCUT2D eigenvalue weighted by molar-refractivity contribution is 0.0941. The summed E-state index contributed by atoms with van der Waals surface area (Å²) in [6.45, 7) is 5.85. The van der Waals surface area contributed by atoms with Gasteiger partial charge < -0.3 is 15.2 Å². The van der Waals surface area contributed by atoms with Gasteiger partial charge in [0, 0.05) is 19.3 Å². The topological polar surface area (TPSA) is 46.1 Å². The summed E-state index contributed by atoms with van der Waals surface area (Å²) in [4.78, 5) is 12.2. The highest BCUT2D eigenvalue weighted by Gasteiger charge is 2.15. The number of piperidine rings is 1. The summed E-state index contributed by atoms with van der Waals surface area (Å²) >= 11 is 5.99. The van der Waals surface area contributed by atoms with Crippen LogP contribution < -0.4 is 10.6 Å². The van der Waals surface area contributed by atoms with E-state index in [1.807, 2.05) is 10.8 Å². The predicted molar refractivity (Wildman–Crippen MR) is 82.3 cm³/mol. The molecule has 1 aromatic rings. The number of aromatic nitrogens is 1. The minimum atomic E-state index is -0.0193. The number of rotatable bonds is 6. The maximum atomic E-state index is 12.2. The van der Waals surface area contributed by atoms with E-state index in [1.54, 1.807) is 6.07 Å². The zero-order valence-electron chi connectivity index (χ0n) is 12.1. The first-order valence-electron chi connectivity index (χ1n) is 7.55. The molecular weight excluding hydrogens is 274 g/mol. The maximum Gasteiger partial charge on any atom is 0.267 e. The SMILES string of the molecule is CCCn1cc(Cl)cc1C(=O)NCCC1CCCNC1. The van der Waals surface area contributed by atoms with E-state index in [0.717, 1.165) is 39.0 Å². The van der Waals surface area contributed by atoms with E-state index in [-0.39, 0.29) is 5.91 Å². The molecule has 1 fully saturated rings. The van der Waals surface area contributed by atoms with Crippen LogP contribution in [0.1, 0.15) is 43.1 Å². The molecule has 1 atom stereocenters. The molecular formula is C15H24ClN3O. The van der Waals surface area contributed by atoms with Gasteiger partial charge in [0.25, 0.3) is 5.91 Å². The van der Waals surface area contributed by atoms with E-state index in [2.05, 4.69) is 17.6 Å². The van der Waals surface area contributed by atoms with E-state index in [1.165, 1.54) is 12.8 Å². The Kier molecular flexibility index (Phi) is 5.92. The Labute approximate surface area is 125 Å². The lowest BCUT2D eigenvalue weighted by atomic mass is 9.96. The number of nitrogens with one attached hydrogen (secondary N) is 2. The van der Waals surface area contributed by atoms with Crippen LogP contribution in [-0.2, 0) is 6.54 Å². The normalized spacial score (nSPS) is 19.0. The van der Waals surface area contributed by atoms with Gasteiger partial charge in [-0.25, -0.2) is 0 Å². The van der Waals surface area contributed by atoms with Crippen LogP contribution in [0, 0.1) is 5.92 Å². The molecule has 0 radical (unpaired) electrons. The molecule has 1 saturated heterocycles. The van der Waals surface area contributed by atoms with Crippen molar-refractivity contribution in [3.8, 4) is 0 Å². The highest BCUT2D eigenvalue weighted by atomic mass is 35.5. The minimum absolute atomic E-state index is 0.0193. The lowest BCUT2D eigenvalue weighted by Crippen LogP contribution is -2.33. The molecule has 0 saturated carbocycles. The van der Waals surface area contributed by atoms with Gasteiger partial charge in [0.2, 0.25) is 0 Å². The van der Waals surface area contributed by atoms with Gasteiger partial charge in [0.15, 0.2) is 0 Å². The van der Waals surface area contributed by atoms with Gasteiger partial charge in [0.1, 0.15) is 5.69 Å². The van der Waals surface area contributed by atoms with E-state index in [9.17, 15) is 4.79 Å². The Bertz CT molecular complexity index is 438. The fourth-order valence-electron chi connectivity index (χ4n) is 2.74. The van der Waals surface area contributed by atoms with Crippen LogP contribution in [0.15, 0.2) is 12.3 Å². The fourth-order valence-corrected chi connectivity index (χ4v) is 2.96. The average Bonchev–Trinajstić information content (AvgIpc) is 2.81. The third-order valence-electron chi connectivity index (χ3n) is 3.80. The molecule has 0 spiro atoms. The molecule has 0 aromatic carbocycles. The summed E-state index contributed by atoms with van der Waals surface area (Å²) in [7, 11) is 0. The van der Waals surface area contributed by atoms with Crippen LogP contribution in [0.3, 0.4) is 0 Å². The van der Waals surface area contributed by atoms with Crippen molar-refractivity contribution in [2.45, 2.75) is 39.2 Å². The van der Waals surface area contributed by atoms with Gasteiger partial charge in [-0.15, -0.1) is 0 Å². The van der Waals surface area contributed by atoms with Crippen LogP contribution in [0.2, 0.25) is 5.02 Å². The molecule has 1 aliphatic rings. The third kappa shape index (κ3) is 4.25. The molecule has 0 bridgehead atoms. The van der Waals surface area contributed by atoms with E-state index >= 15 is 0 Å². The van der Waals surface area contributed by atoms with Crippen molar-refractivity contribution in [1.29, 1.82) is 0 Å². The first-order chi connectivity index (χ1) is 9.70. The Morgan fingerprint density at radius 2 is 2.45 bits per heavy atom.